The van der Waals surface area contributed by atoms with Crippen LogP contribution in [0.3, 0.4) is 0 Å². The van der Waals surface area contributed by atoms with Crippen molar-refractivity contribution in [1.82, 2.24) is 14.8 Å². The highest BCUT2D eigenvalue weighted by Crippen LogP contribution is 2.23. The van der Waals surface area contributed by atoms with Crippen molar-refractivity contribution in [2.75, 3.05) is 20.2 Å². The Labute approximate surface area is 166 Å². The van der Waals surface area contributed by atoms with Gasteiger partial charge in [-0.2, -0.15) is 0 Å². The van der Waals surface area contributed by atoms with Gasteiger partial charge in [0.2, 0.25) is 11.8 Å². The minimum Gasteiger partial charge on any atom is -0.497 e. The molecule has 0 radical (unpaired) electrons. The van der Waals surface area contributed by atoms with Crippen molar-refractivity contribution < 1.29 is 14.3 Å². The summed E-state index contributed by atoms with van der Waals surface area (Å²) < 4.78 is 5.20. The molecule has 2 amide bonds. The quantitative estimate of drug-likeness (QED) is 0.705. The van der Waals surface area contributed by atoms with Gasteiger partial charge in [0.15, 0.2) is 0 Å². The van der Waals surface area contributed by atoms with E-state index in [0.717, 1.165) is 23.3 Å². The summed E-state index contributed by atoms with van der Waals surface area (Å²) in [4.78, 5) is 33.2. The highest BCUT2D eigenvalue weighted by atomic mass is 16.5. The van der Waals surface area contributed by atoms with Gasteiger partial charge in [-0.1, -0.05) is 19.1 Å². The monoisotopic (exact) mass is 381 g/mol. The van der Waals surface area contributed by atoms with Crippen LogP contribution in [-0.4, -0.2) is 46.8 Å². The summed E-state index contributed by atoms with van der Waals surface area (Å²) in [6, 6.07) is 11.6. The first kappa shape index (κ1) is 19.9. The van der Waals surface area contributed by atoms with E-state index < -0.39 is 0 Å². The molecule has 3 rings (SSSR count). The number of amides is 2. The average molecular weight is 381 g/mol. The second-order valence-electron chi connectivity index (χ2n) is 7.14. The molecule has 1 aromatic carbocycles. The van der Waals surface area contributed by atoms with Crippen molar-refractivity contribution in [3.63, 3.8) is 0 Å². The molecule has 0 aliphatic carbocycles. The van der Waals surface area contributed by atoms with Crippen LogP contribution in [0.2, 0.25) is 0 Å². The summed E-state index contributed by atoms with van der Waals surface area (Å²) in [5.41, 5.74) is 2.08. The minimum atomic E-state index is -0.279. The Kier molecular flexibility index (Phi) is 6.63. The molecule has 0 unspecified atom stereocenters. The SMILES string of the molecule is CCCN(Cc1ccc(OC)cc1)C(=O)[C@H]1CC(=O)N(Cc2ccncc2)C1. The number of hydrogen-bond acceptors (Lipinski definition) is 4. The first-order valence-electron chi connectivity index (χ1n) is 9.69. The summed E-state index contributed by atoms with van der Waals surface area (Å²) >= 11 is 0. The lowest BCUT2D eigenvalue weighted by molar-refractivity contribution is -0.136. The third-order valence-corrected chi connectivity index (χ3v) is 5.02. The van der Waals surface area contributed by atoms with Crippen LogP contribution in [0.5, 0.6) is 5.75 Å². The third kappa shape index (κ3) is 4.88. The molecule has 1 aliphatic rings. The van der Waals surface area contributed by atoms with Crippen LogP contribution < -0.4 is 4.74 Å². The van der Waals surface area contributed by atoms with Crippen LogP contribution in [-0.2, 0) is 22.7 Å². The average Bonchev–Trinajstić information content (AvgIpc) is 3.08. The largest absolute Gasteiger partial charge is 0.497 e. The van der Waals surface area contributed by atoms with Gasteiger partial charge in [0.1, 0.15) is 5.75 Å². The maximum atomic E-state index is 13.1. The summed E-state index contributed by atoms with van der Waals surface area (Å²) in [5.74, 6) is 0.615. The molecule has 2 aromatic rings. The van der Waals surface area contributed by atoms with Crippen LogP contribution in [0.1, 0.15) is 30.9 Å². The summed E-state index contributed by atoms with van der Waals surface area (Å²) in [7, 11) is 1.64. The molecule has 1 aliphatic heterocycles. The number of aromatic nitrogens is 1. The van der Waals surface area contributed by atoms with Gasteiger partial charge in [-0.3, -0.25) is 14.6 Å². The van der Waals surface area contributed by atoms with Crippen molar-refractivity contribution in [3.05, 3.63) is 59.9 Å². The topological polar surface area (TPSA) is 62.7 Å². The first-order chi connectivity index (χ1) is 13.6. The number of nitrogens with zero attached hydrogens (tertiary/aromatic N) is 3. The standard InChI is InChI=1S/C22H27N3O3/c1-3-12-24(14-17-4-6-20(28-2)7-5-17)22(27)19-13-21(26)25(16-19)15-18-8-10-23-11-9-18/h4-11,19H,3,12-16H2,1-2H3/t19-/m0/s1. The van der Waals surface area contributed by atoms with Crippen LogP contribution in [0, 0.1) is 5.92 Å². The van der Waals surface area contributed by atoms with Gasteiger partial charge >= 0.3 is 0 Å². The van der Waals surface area contributed by atoms with E-state index in [0.29, 0.717) is 26.2 Å². The lowest BCUT2D eigenvalue weighted by atomic mass is 10.1. The Morgan fingerprint density at radius 3 is 2.54 bits per heavy atom. The minimum absolute atomic E-state index is 0.0380. The number of rotatable bonds is 8. The van der Waals surface area contributed by atoms with E-state index >= 15 is 0 Å². The molecular weight excluding hydrogens is 354 g/mol. The fourth-order valence-electron chi connectivity index (χ4n) is 3.55. The maximum Gasteiger partial charge on any atom is 0.228 e. The second-order valence-corrected chi connectivity index (χ2v) is 7.14. The van der Waals surface area contributed by atoms with Gasteiger partial charge in [-0.15, -0.1) is 0 Å². The van der Waals surface area contributed by atoms with Crippen molar-refractivity contribution in [2.45, 2.75) is 32.9 Å². The molecule has 1 atom stereocenters. The highest BCUT2D eigenvalue weighted by Gasteiger charge is 2.36. The van der Waals surface area contributed by atoms with Crippen LogP contribution in [0.4, 0.5) is 0 Å². The molecule has 6 heteroatoms. The molecule has 0 spiro atoms. The molecule has 6 nitrogen and oxygen atoms in total. The van der Waals surface area contributed by atoms with Gasteiger partial charge in [-0.05, 0) is 41.8 Å². The highest BCUT2D eigenvalue weighted by molar-refractivity contribution is 5.89. The lowest BCUT2D eigenvalue weighted by Crippen LogP contribution is -2.37. The Morgan fingerprint density at radius 2 is 1.89 bits per heavy atom. The zero-order valence-electron chi connectivity index (χ0n) is 16.5. The predicted molar refractivity (Wildman–Crippen MR) is 106 cm³/mol. The molecule has 1 aromatic heterocycles. The fraction of sp³-hybridized carbons (Fsp3) is 0.409. The summed E-state index contributed by atoms with van der Waals surface area (Å²) in [6.45, 7) is 4.29. The fourth-order valence-corrected chi connectivity index (χ4v) is 3.55. The van der Waals surface area contributed by atoms with Crippen molar-refractivity contribution in [3.8, 4) is 5.75 Å². The first-order valence-corrected chi connectivity index (χ1v) is 9.69. The zero-order chi connectivity index (χ0) is 19.9. The van der Waals surface area contributed by atoms with E-state index in [1.54, 1.807) is 24.4 Å². The lowest BCUT2D eigenvalue weighted by Gasteiger charge is -2.25. The Morgan fingerprint density at radius 1 is 1.18 bits per heavy atom. The molecule has 1 saturated heterocycles. The third-order valence-electron chi connectivity index (χ3n) is 5.02. The van der Waals surface area contributed by atoms with Gasteiger partial charge in [-0.25, -0.2) is 0 Å². The van der Waals surface area contributed by atoms with Gasteiger partial charge < -0.3 is 14.5 Å². The van der Waals surface area contributed by atoms with Gasteiger partial charge in [0.05, 0.1) is 13.0 Å². The van der Waals surface area contributed by atoms with E-state index in [-0.39, 0.29) is 24.2 Å². The normalized spacial score (nSPS) is 16.3. The molecule has 28 heavy (non-hydrogen) atoms. The number of methoxy groups -OCH3 is 1. The molecule has 1 fully saturated rings. The number of ether oxygens (including phenoxy) is 1. The van der Waals surface area contributed by atoms with E-state index in [1.165, 1.54) is 0 Å². The molecule has 2 heterocycles. The number of carbonyl (C=O) groups excluding carboxylic acids is 2. The van der Waals surface area contributed by atoms with Crippen molar-refractivity contribution in [2.24, 2.45) is 5.92 Å². The summed E-state index contributed by atoms with van der Waals surface area (Å²) in [6.07, 6.45) is 4.60. The van der Waals surface area contributed by atoms with E-state index in [4.69, 9.17) is 4.74 Å². The van der Waals surface area contributed by atoms with Crippen molar-refractivity contribution in [1.29, 1.82) is 0 Å². The van der Waals surface area contributed by atoms with E-state index in [9.17, 15) is 9.59 Å². The number of carbonyl (C=O) groups is 2. The Bertz CT molecular complexity index is 792. The molecule has 0 N–H and O–H groups in total. The maximum absolute atomic E-state index is 13.1. The van der Waals surface area contributed by atoms with Crippen molar-refractivity contribution >= 4 is 11.8 Å². The predicted octanol–water partition coefficient (Wildman–Crippen LogP) is 2.88. The summed E-state index contributed by atoms with van der Waals surface area (Å²) in [5, 5.41) is 0. The number of likely N-dealkylation sites (tertiary alicyclic amines) is 1. The van der Waals surface area contributed by atoms with Gasteiger partial charge in [0, 0.05) is 45.0 Å². The van der Waals surface area contributed by atoms with Gasteiger partial charge in [0.25, 0.3) is 0 Å². The zero-order valence-corrected chi connectivity index (χ0v) is 16.5. The molecule has 0 saturated carbocycles. The second kappa shape index (κ2) is 9.35. The molecule has 0 bridgehead atoms. The molecule has 148 valence electrons. The Balaban J connectivity index is 1.64. The van der Waals surface area contributed by atoms with Crippen LogP contribution in [0.15, 0.2) is 48.8 Å². The number of benzene rings is 1. The number of hydrogen-bond donors (Lipinski definition) is 0. The number of pyridine rings is 1. The Hall–Kier alpha value is -2.89. The molecular formula is C22H27N3O3. The van der Waals surface area contributed by atoms with Crippen LogP contribution >= 0.6 is 0 Å². The van der Waals surface area contributed by atoms with Crippen LogP contribution in [0.25, 0.3) is 0 Å². The smallest absolute Gasteiger partial charge is 0.228 e. The van der Waals surface area contributed by atoms with E-state index in [1.807, 2.05) is 41.3 Å². The van der Waals surface area contributed by atoms with E-state index in [2.05, 4.69) is 11.9 Å².